The van der Waals surface area contributed by atoms with Crippen molar-refractivity contribution in [3.63, 3.8) is 0 Å². The van der Waals surface area contributed by atoms with E-state index in [0.717, 1.165) is 12.8 Å². The Hall–Kier alpha value is -0.0900. The highest BCUT2D eigenvalue weighted by atomic mass is 32.2. The molecule has 0 aromatic carbocycles. The van der Waals surface area contributed by atoms with Crippen molar-refractivity contribution in [3.8, 4) is 0 Å². The molecule has 1 rings (SSSR count). The minimum absolute atomic E-state index is 0.184. The Labute approximate surface area is 68.2 Å². The van der Waals surface area contributed by atoms with Gasteiger partial charge in [0, 0.05) is 6.54 Å². The van der Waals surface area contributed by atoms with E-state index in [9.17, 15) is 8.42 Å². The van der Waals surface area contributed by atoms with E-state index in [-0.39, 0.29) is 11.2 Å². The van der Waals surface area contributed by atoms with Gasteiger partial charge >= 0.3 is 0 Å². The van der Waals surface area contributed by atoms with Crippen LogP contribution in [-0.4, -0.2) is 20.7 Å². The number of rotatable bonds is 4. The van der Waals surface area contributed by atoms with Gasteiger partial charge < -0.3 is 0 Å². The zero-order chi connectivity index (χ0) is 8.54. The van der Waals surface area contributed by atoms with Crippen LogP contribution in [0.5, 0.6) is 0 Å². The number of sulfonamides is 1. The summed E-state index contributed by atoms with van der Waals surface area (Å²) in [6, 6.07) is 0. The fourth-order valence-electron chi connectivity index (χ4n) is 0.776. The van der Waals surface area contributed by atoms with Gasteiger partial charge in [0.25, 0.3) is 0 Å². The molecule has 0 bridgehead atoms. The van der Waals surface area contributed by atoms with Gasteiger partial charge in [-0.1, -0.05) is 6.92 Å². The first-order valence-corrected chi connectivity index (χ1v) is 5.60. The van der Waals surface area contributed by atoms with Gasteiger partial charge in [-0.2, -0.15) is 0 Å². The van der Waals surface area contributed by atoms with Crippen molar-refractivity contribution in [2.45, 2.75) is 26.7 Å². The van der Waals surface area contributed by atoms with Crippen molar-refractivity contribution in [2.24, 2.45) is 5.41 Å². The molecule has 1 fully saturated rings. The maximum atomic E-state index is 11.0. The van der Waals surface area contributed by atoms with Crippen LogP contribution in [0, 0.1) is 5.41 Å². The molecular weight excluding hydrogens is 162 g/mol. The summed E-state index contributed by atoms with van der Waals surface area (Å²) < 4.78 is 24.5. The van der Waals surface area contributed by atoms with E-state index in [2.05, 4.69) is 11.6 Å². The number of hydrogen-bond acceptors (Lipinski definition) is 2. The lowest BCUT2D eigenvalue weighted by Crippen LogP contribution is -2.30. The van der Waals surface area contributed by atoms with Crippen LogP contribution in [0.25, 0.3) is 0 Å². The second-order valence-corrected chi connectivity index (χ2v) is 5.63. The topological polar surface area (TPSA) is 46.2 Å². The van der Waals surface area contributed by atoms with Gasteiger partial charge in [0.1, 0.15) is 0 Å². The van der Waals surface area contributed by atoms with Crippen LogP contribution in [-0.2, 0) is 10.0 Å². The summed E-state index contributed by atoms with van der Waals surface area (Å²) in [5.41, 5.74) is 0.266. The van der Waals surface area contributed by atoms with Crippen molar-refractivity contribution in [3.05, 3.63) is 0 Å². The average molecular weight is 177 g/mol. The zero-order valence-corrected chi connectivity index (χ0v) is 7.87. The summed E-state index contributed by atoms with van der Waals surface area (Å²) in [5, 5.41) is 0. The van der Waals surface area contributed by atoms with Crippen molar-refractivity contribution < 1.29 is 8.42 Å². The van der Waals surface area contributed by atoms with Crippen LogP contribution in [0.1, 0.15) is 26.7 Å². The van der Waals surface area contributed by atoms with Crippen LogP contribution >= 0.6 is 0 Å². The Morgan fingerprint density at radius 2 is 2.00 bits per heavy atom. The van der Waals surface area contributed by atoms with Crippen molar-refractivity contribution in [2.75, 3.05) is 12.3 Å². The van der Waals surface area contributed by atoms with Crippen molar-refractivity contribution in [1.82, 2.24) is 4.72 Å². The molecule has 0 atom stereocenters. The lowest BCUT2D eigenvalue weighted by atomic mass is 10.2. The van der Waals surface area contributed by atoms with E-state index in [1.807, 2.05) is 0 Å². The predicted molar refractivity (Wildman–Crippen MR) is 44.8 cm³/mol. The lowest BCUT2D eigenvalue weighted by Gasteiger charge is -2.08. The first-order valence-electron chi connectivity index (χ1n) is 3.95. The van der Waals surface area contributed by atoms with Crippen LogP contribution in [0.4, 0.5) is 0 Å². The molecule has 1 aliphatic rings. The molecule has 0 unspecified atom stereocenters. The molecule has 0 spiro atoms. The Morgan fingerprint density at radius 1 is 1.45 bits per heavy atom. The third-order valence-corrected chi connectivity index (χ3v) is 3.55. The SMILES string of the molecule is CCS(=O)(=O)NCC1(C)CC1. The Balaban J connectivity index is 2.32. The van der Waals surface area contributed by atoms with Crippen molar-refractivity contribution in [1.29, 1.82) is 0 Å². The lowest BCUT2D eigenvalue weighted by molar-refractivity contribution is 0.531. The molecule has 0 aromatic heterocycles. The van der Waals surface area contributed by atoms with Crippen molar-refractivity contribution >= 4 is 10.0 Å². The highest BCUT2D eigenvalue weighted by Gasteiger charge is 2.37. The third-order valence-electron chi connectivity index (χ3n) is 2.20. The Bertz CT molecular complexity index is 229. The molecule has 0 heterocycles. The average Bonchev–Trinajstić information content (AvgIpc) is 2.66. The molecule has 4 heteroatoms. The number of nitrogens with one attached hydrogen (secondary N) is 1. The molecule has 1 aliphatic carbocycles. The van der Waals surface area contributed by atoms with Crippen LogP contribution in [0.15, 0.2) is 0 Å². The third kappa shape index (κ3) is 2.79. The first kappa shape index (κ1) is 9.00. The van der Waals surface area contributed by atoms with Gasteiger partial charge in [0.2, 0.25) is 10.0 Å². The second kappa shape index (κ2) is 2.75. The van der Waals surface area contributed by atoms with E-state index in [1.165, 1.54) is 0 Å². The molecule has 3 nitrogen and oxygen atoms in total. The first-order chi connectivity index (χ1) is 4.97. The maximum Gasteiger partial charge on any atom is 0.211 e. The van der Waals surface area contributed by atoms with Gasteiger partial charge in [0.15, 0.2) is 0 Å². The standard InChI is InChI=1S/C7H15NO2S/c1-3-11(9,10)8-6-7(2)4-5-7/h8H,3-6H2,1-2H3. The largest absolute Gasteiger partial charge is 0.215 e. The summed E-state index contributed by atoms with van der Waals surface area (Å²) >= 11 is 0. The number of hydrogen-bond donors (Lipinski definition) is 1. The Kier molecular flexibility index (Phi) is 2.25. The Morgan fingerprint density at radius 3 is 2.36 bits per heavy atom. The molecule has 0 amide bonds. The second-order valence-electron chi connectivity index (χ2n) is 3.54. The van der Waals surface area contributed by atoms with Gasteiger partial charge in [0.05, 0.1) is 5.75 Å². The molecule has 1 N–H and O–H groups in total. The van der Waals surface area contributed by atoms with E-state index >= 15 is 0 Å². The minimum Gasteiger partial charge on any atom is -0.215 e. The molecule has 11 heavy (non-hydrogen) atoms. The maximum absolute atomic E-state index is 11.0. The molecule has 0 aliphatic heterocycles. The molecule has 0 aromatic rings. The van der Waals surface area contributed by atoms with Gasteiger partial charge in [-0.25, -0.2) is 13.1 Å². The molecular formula is C7H15NO2S. The van der Waals surface area contributed by atoms with Gasteiger partial charge in [-0.05, 0) is 25.2 Å². The summed E-state index contributed by atoms with van der Waals surface area (Å²) in [4.78, 5) is 0. The van der Waals surface area contributed by atoms with E-state index in [4.69, 9.17) is 0 Å². The quantitative estimate of drug-likeness (QED) is 0.688. The summed E-state index contributed by atoms with van der Waals surface area (Å²) in [6.45, 7) is 4.37. The summed E-state index contributed by atoms with van der Waals surface area (Å²) in [6.07, 6.45) is 2.30. The summed E-state index contributed by atoms with van der Waals surface area (Å²) in [7, 11) is -2.96. The van der Waals surface area contributed by atoms with E-state index < -0.39 is 10.0 Å². The smallest absolute Gasteiger partial charge is 0.211 e. The zero-order valence-electron chi connectivity index (χ0n) is 7.05. The molecule has 0 saturated heterocycles. The van der Waals surface area contributed by atoms with E-state index in [0.29, 0.717) is 6.54 Å². The highest BCUT2D eigenvalue weighted by molar-refractivity contribution is 7.89. The van der Waals surface area contributed by atoms with Crippen LogP contribution < -0.4 is 4.72 Å². The highest BCUT2D eigenvalue weighted by Crippen LogP contribution is 2.44. The normalized spacial score (nSPS) is 21.6. The van der Waals surface area contributed by atoms with E-state index in [1.54, 1.807) is 6.92 Å². The van der Waals surface area contributed by atoms with Crippen LogP contribution in [0.2, 0.25) is 0 Å². The molecule has 1 saturated carbocycles. The van der Waals surface area contributed by atoms with Gasteiger partial charge in [-0.15, -0.1) is 0 Å². The van der Waals surface area contributed by atoms with Crippen LogP contribution in [0.3, 0.4) is 0 Å². The fourth-order valence-corrected chi connectivity index (χ4v) is 1.55. The monoisotopic (exact) mass is 177 g/mol. The molecule has 0 radical (unpaired) electrons. The van der Waals surface area contributed by atoms with Gasteiger partial charge in [-0.3, -0.25) is 0 Å². The fraction of sp³-hybridized carbons (Fsp3) is 1.00. The predicted octanol–water partition coefficient (Wildman–Crippen LogP) is 0.726. The minimum atomic E-state index is -2.96. The summed E-state index contributed by atoms with van der Waals surface area (Å²) in [5.74, 6) is 0.184. The molecule has 66 valence electrons.